The van der Waals surface area contributed by atoms with Crippen molar-refractivity contribution in [2.24, 2.45) is 0 Å². The first-order chi connectivity index (χ1) is 13.1. The summed E-state index contributed by atoms with van der Waals surface area (Å²) in [7, 11) is -10.7. The van der Waals surface area contributed by atoms with Gasteiger partial charge >= 0.3 is 0 Å². The monoisotopic (exact) mass is 425 g/mol. The molecule has 0 aliphatic heterocycles. The SMILES string of the molecule is CCCOc1cccc(-c2ccc(CCCC(P(=O)([O-])[O-])S(=O)(=O)[O-])cc2)c1. The van der Waals surface area contributed by atoms with Crippen molar-refractivity contribution in [1.82, 2.24) is 0 Å². The van der Waals surface area contributed by atoms with E-state index < -0.39 is 29.1 Å². The second kappa shape index (κ2) is 9.67. The Kier molecular flexibility index (Phi) is 7.80. The summed E-state index contributed by atoms with van der Waals surface area (Å²) in [4.78, 5) is 19.6. The van der Waals surface area contributed by atoms with Crippen molar-refractivity contribution in [2.75, 3.05) is 6.61 Å². The molecule has 0 heterocycles. The molecule has 0 bridgehead atoms. The van der Waals surface area contributed by atoms with Gasteiger partial charge in [0.05, 0.1) is 11.6 Å². The van der Waals surface area contributed by atoms with Crippen LogP contribution in [0.5, 0.6) is 5.75 Å². The molecule has 0 amide bonds. The molecule has 0 radical (unpaired) electrons. The summed E-state index contributed by atoms with van der Waals surface area (Å²) in [6.07, 6.45) is 0.864. The first kappa shape index (κ1) is 22.6. The lowest BCUT2D eigenvalue weighted by molar-refractivity contribution is -0.314. The van der Waals surface area contributed by atoms with Crippen LogP contribution < -0.4 is 14.5 Å². The topological polar surface area (TPSA) is 130 Å². The van der Waals surface area contributed by atoms with Crippen LogP contribution in [0.3, 0.4) is 0 Å². The minimum absolute atomic E-state index is 0.0975. The van der Waals surface area contributed by atoms with Gasteiger partial charge in [-0.1, -0.05) is 50.9 Å². The Labute approximate surface area is 165 Å². The maximum atomic E-state index is 11.0. The zero-order chi connectivity index (χ0) is 20.8. The molecule has 0 spiro atoms. The highest BCUT2D eigenvalue weighted by Gasteiger charge is 2.19. The third-order valence-electron chi connectivity index (χ3n) is 4.20. The Balaban J connectivity index is 2.00. The van der Waals surface area contributed by atoms with E-state index >= 15 is 0 Å². The number of ether oxygens (including phenoxy) is 1. The largest absolute Gasteiger partial charge is 0.810 e. The number of benzene rings is 2. The van der Waals surface area contributed by atoms with Gasteiger partial charge in [-0.25, -0.2) is 8.42 Å². The van der Waals surface area contributed by atoms with Crippen molar-refractivity contribution in [3.8, 4) is 16.9 Å². The van der Waals surface area contributed by atoms with Gasteiger partial charge in [-0.3, -0.25) is 0 Å². The average Bonchev–Trinajstić information content (AvgIpc) is 2.62. The molecule has 0 aliphatic carbocycles. The van der Waals surface area contributed by atoms with Gasteiger partial charge in [-0.2, -0.15) is 0 Å². The Morgan fingerprint density at radius 2 is 1.75 bits per heavy atom. The highest BCUT2D eigenvalue weighted by molar-refractivity contribution is 7.93. The molecule has 0 aromatic heterocycles. The van der Waals surface area contributed by atoms with Gasteiger partial charge in [0, 0.05) is 0 Å². The molecule has 2 rings (SSSR count). The summed E-state index contributed by atoms with van der Waals surface area (Å²) in [5, 5.41) is 0. The summed E-state index contributed by atoms with van der Waals surface area (Å²) in [6, 6.07) is 15.1. The first-order valence-electron chi connectivity index (χ1n) is 8.90. The van der Waals surface area contributed by atoms with Gasteiger partial charge in [0.25, 0.3) is 0 Å². The van der Waals surface area contributed by atoms with E-state index in [1.54, 1.807) is 0 Å². The molecule has 0 fully saturated rings. The zero-order valence-electron chi connectivity index (χ0n) is 15.4. The lowest BCUT2D eigenvalue weighted by atomic mass is 10.0. The van der Waals surface area contributed by atoms with Crippen molar-refractivity contribution >= 4 is 17.7 Å². The standard InChI is InChI=1S/C19H25O7PS/c1-2-13-26-18-7-4-6-17(14-18)16-11-9-15(10-12-16)5-3-8-19(27(20,21)22)28(23,24)25/h4,6-7,9-12,14,19H,2-3,5,8,13H2,1H3,(H2,20,21,22)(H,23,24,25)/p-3. The van der Waals surface area contributed by atoms with Crippen LogP contribution >= 0.6 is 7.60 Å². The maximum absolute atomic E-state index is 11.0. The molecule has 2 aromatic carbocycles. The molecule has 0 N–H and O–H groups in total. The third-order valence-corrected chi connectivity index (χ3v) is 7.61. The van der Waals surface area contributed by atoms with E-state index in [1.807, 2.05) is 55.5 Å². The zero-order valence-corrected chi connectivity index (χ0v) is 17.2. The minimum Gasteiger partial charge on any atom is -0.810 e. The fourth-order valence-electron chi connectivity index (χ4n) is 2.79. The fraction of sp³-hybridized carbons (Fsp3) is 0.368. The van der Waals surface area contributed by atoms with E-state index in [0.29, 0.717) is 13.0 Å². The van der Waals surface area contributed by atoms with E-state index in [0.717, 1.165) is 28.9 Å². The molecule has 0 saturated carbocycles. The number of hydrogen-bond donors (Lipinski definition) is 0. The Morgan fingerprint density at radius 1 is 1.07 bits per heavy atom. The van der Waals surface area contributed by atoms with Gasteiger partial charge in [0.2, 0.25) is 0 Å². The van der Waals surface area contributed by atoms with Crippen LogP contribution in [0.1, 0.15) is 31.7 Å². The van der Waals surface area contributed by atoms with Crippen LogP contribution in [0.25, 0.3) is 11.1 Å². The minimum atomic E-state index is -5.49. The molecule has 1 unspecified atom stereocenters. The van der Waals surface area contributed by atoms with Crippen molar-refractivity contribution in [3.63, 3.8) is 0 Å². The second-order valence-electron chi connectivity index (χ2n) is 6.45. The van der Waals surface area contributed by atoms with Gasteiger partial charge in [0.15, 0.2) is 0 Å². The molecule has 2 aromatic rings. The van der Waals surface area contributed by atoms with Crippen LogP contribution in [-0.4, -0.2) is 24.6 Å². The number of aryl methyl sites for hydroxylation is 1. The molecule has 154 valence electrons. The van der Waals surface area contributed by atoms with Crippen molar-refractivity contribution in [1.29, 1.82) is 0 Å². The molecule has 28 heavy (non-hydrogen) atoms. The average molecular weight is 425 g/mol. The lowest BCUT2D eigenvalue weighted by Crippen LogP contribution is -2.32. The van der Waals surface area contributed by atoms with E-state index in [2.05, 4.69) is 0 Å². The van der Waals surface area contributed by atoms with Gasteiger partial charge < -0.3 is 23.6 Å². The van der Waals surface area contributed by atoms with Gasteiger partial charge in [-0.05, 0) is 54.5 Å². The quantitative estimate of drug-likeness (QED) is 0.421. The molecular weight excluding hydrogens is 403 g/mol. The van der Waals surface area contributed by atoms with Crippen LogP contribution in [0.4, 0.5) is 0 Å². The molecule has 0 aliphatic rings. The third kappa shape index (κ3) is 6.72. The second-order valence-corrected chi connectivity index (χ2v) is 10.1. The number of hydrogen-bond acceptors (Lipinski definition) is 7. The smallest absolute Gasteiger partial charge is 0.119 e. The molecule has 0 saturated heterocycles. The van der Waals surface area contributed by atoms with E-state index in [9.17, 15) is 27.3 Å². The normalized spacial score (nSPS) is 13.3. The fourth-order valence-corrected chi connectivity index (χ4v) is 5.01. The summed E-state index contributed by atoms with van der Waals surface area (Å²) in [5.41, 5.74) is 2.79. The van der Waals surface area contributed by atoms with Crippen LogP contribution in [-0.2, 0) is 21.1 Å². The molecular formula is C19H22O7PS-3. The summed E-state index contributed by atoms with van der Waals surface area (Å²) in [6.45, 7) is 2.67. The summed E-state index contributed by atoms with van der Waals surface area (Å²) < 4.78 is 49.6. The Bertz CT molecular complexity index is 920. The molecule has 1 atom stereocenters. The highest BCUT2D eigenvalue weighted by Crippen LogP contribution is 2.38. The first-order valence-corrected chi connectivity index (χ1v) is 12.0. The number of rotatable bonds is 10. The van der Waals surface area contributed by atoms with Crippen molar-refractivity contribution < 1.29 is 32.1 Å². The van der Waals surface area contributed by atoms with Crippen molar-refractivity contribution in [2.45, 2.75) is 37.6 Å². The van der Waals surface area contributed by atoms with Gasteiger partial charge in [0.1, 0.15) is 15.9 Å². The predicted octanol–water partition coefficient (Wildman–Crippen LogP) is 2.25. The lowest BCUT2D eigenvalue weighted by Gasteiger charge is -2.39. The van der Waals surface area contributed by atoms with E-state index in [-0.39, 0.29) is 6.42 Å². The Morgan fingerprint density at radius 3 is 2.32 bits per heavy atom. The molecule has 9 heteroatoms. The molecule has 7 nitrogen and oxygen atoms in total. The van der Waals surface area contributed by atoms with Crippen LogP contribution in [0, 0.1) is 0 Å². The predicted molar refractivity (Wildman–Crippen MR) is 102 cm³/mol. The summed E-state index contributed by atoms with van der Waals surface area (Å²) in [5.74, 6) is 0.785. The van der Waals surface area contributed by atoms with Crippen LogP contribution in [0.2, 0.25) is 0 Å². The Hall–Kier alpha value is -1.70. The highest BCUT2D eigenvalue weighted by atomic mass is 32.2. The van der Waals surface area contributed by atoms with Crippen LogP contribution in [0.15, 0.2) is 48.5 Å². The van der Waals surface area contributed by atoms with Crippen molar-refractivity contribution in [3.05, 3.63) is 54.1 Å². The van der Waals surface area contributed by atoms with E-state index in [4.69, 9.17) is 4.74 Å². The van der Waals surface area contributed by atoms with Gasteiger partial charge in [-0.15, -0.1) is 0 Å². The summed E-state index contributed by atoms with van der Waals surface area (Å²) >= 11 is 0. The maximum Gasteiger partial charge on any atom is 0.119 e. The van der Waals surface area contributed by atoms with E-state index in [1.165, 1.54) is 0 Å².